The molecule has 8 aromatic carbocycles. The third kappa shape index (κ3) is 7.41. The van der Waals surface area contributed by atoms with Gasteiger partial charge in [-0.3, -0.25) is 0 Å². The first-order chi connectivity index (χ1) is 35.6. The number of furan rings is 1. The van der Waals surface area contributed by atoms with Crippen molar-refractivity contribution < 1.29 is 8.53 Å². The molecule has 72 heavy (non-hydrogen) atoms. The van der Waals surface area contributed by atoms with Crippen molar-refractivity contribution in [1.82, 2.24) is 0 Å². The quantitative estimate of drug-likeness (QED) is 0.155. The Balaban J connectivity index is 1.26. The van der Waals surface area contributed by atoms with Crippen molar-refractivity contribution in [3.63, 3.8) is 0 Å². The van der Waals surface area contributed by atoms with E-state index in [2.05, 4.69) is 230 Å². The van der Waals surface area contributed by atoms with Gasteiger partial charge in [0.05, 0.1) is 22.7 Å². The van der Waals surface area contributed by atoms with E-state index in [1.54, 1.807) is 12.1 Å². The monoisotopic (exact) mass is 943 g/mol. The molecule has 0 N–H and O–H groups in total. The van der Waals surface area contributed by atoms with Gasteiger partial charge in [0, 0.05) is 49.2 Å². The summed E-state index contributed by atoms with van der Waals surface area (Å²) in [7, 11) is 0. The van der Waals surface area contributed by atoms with Crippen LogP contribution in [0.2, 0.25) is 0 Å². The second kappa shape index (κ2) is 16.4. The Hall–Kier alpha value is -7.24. The maximum atomic E-state index is 8.31. The van der Waals surface area contributed by atoms with E-state index in [1.807, 2.05) is 18.2 Å². The lowest BCUT2D eigenvalue weighted by molar-refractivity contribution is 0.332. The van der Waals surface area contributed by atoms with Gasteiger partial charge in [-0.25, -0.2) is 0 Å². The topological polar surface area (TPSA) is 22.9 Å². The summed E-state index contributed by atoms with van der Waals surface area (Å²) in [6.07, 6.45) is 2.18. The van der Waals surface area contributed by atoms with Crippen molar-refractivity contribution in [2.45, 2.75) is 111 Å². The maximum Gasteiger partial charge on any atom is 0.297 e. The van der Waals surface area contributed by atoms with Crippen molar-refractivity contribution in [2.24, 2.45) is 0 Å². The Morgan fingerprint density at radius 3 is 1.78 bits per heavy atom. The number of aryl methyl sites for hydroxylation is 1. The van der Waals surface area contributed by atoms with Crippen LogP contribution in [0.25, 0.3) is 22.1 Å². The lowest BCUT2D eigenvalue weighted by Gasteiger charge is -2.47. The molecule has 3 heterocycles. The fraction of sp³-hybridized carbons (Fsp3) is 0.254. The second-order valence-corrected chi connectivity index (χ2v) is 23.9. The molecule has 0 saturated carbocycles. The van der Waals surface area contributed by atoms with Crippen LogP contribution in [0.1, 0.15) is 114 Å². The molecule has 0 amide bonds. The lowest BCUT2D eigenvalue weighted by Crippen LogP contribution is -2.61. The first-order valence-electron chi connectivity index (χ1n) is 27.3. The summed E-state index contributed by atoms with van der Waals surface area (Å²) >= 11 is 0. The fourth-order valence-electron chi connectivity index (χ4n) is 11.9. The zero-order valence-corrected chi connectivity index (χ0v) is 43.5. The Morgan fingerprint density at radius 1 is 0.542 bits per heavy atom. The van der Waals surface area contributed by atoms with E-state index < -0.39 is 6.85 Å². The van der Waals surface area contributed by atoms with Crippen molar-refractivity contribution in [1.29, 1.82) is 0 Å². The van der Waals surface area contributed by atoms with E-state index in [0.29, 0.717) is 5.56 Å². The van der Waals surface area contributed by atoms with Gasteiger partial charge in [0.25, 0.3) is 6.71 Å². The molecule has 2 aliphatic heterocycles. The largest absolute Gasteiger partial charge is 0.468 e. The average Bonchev–Trinajstić information content (AvgIpc) is 3.81. The van der Waals surface area contributed by atoms with Crippen LogP contribution in [0.15, 0.2) is 180 Å². The summed E-state index contributed by atoms with van der Waals surface area (Å²) in [6, 6.07) is 63.3. The number of fused-ring (bicyclic) bond motifs is 7. The van der Waals surface area contributed by atoms with Gasteiger partial charge in [0.15, 0.2) is 0 Å². The van der Waals surface area contributed by atoms with E-state index in [-0.39, 0.29) is 28.4 Å². The SMILES string of the molecule is [2H]C([2H])([2H])c1ccc(N(c2ccccc2)c2cc3c4c(c2)N(c2ccc(C(C)(C)C)cc2)c2c(oc5ccc(C(C)(C)C)cc25)B4c2cc4c(cc2N3c2ccccc2-c2ccccc2)C(C)(C)CCC4(C)C)cc1. The molecule has 12 rings (SSSR count). The highest BCUT2D eigenvalue weighted by Crippen LogP contribution is 2.54. The molecule has 0 radical (unpaired) electrons. The summed E-state index contributed by atoms with van der Waals surface area (Å²) < 4.78 is 32.4. The highest BCUT2D eigenvalue weighted by Gasteiger charge is 2.49. The van der Waals surface area contributed by atoms with Crippen LogP contribution < -0.4 is 31.3 Å². The number of nitrogens with zero attached hydrogens (tertiary/aromatic N) is 3. The molecule has 0 atom stereocenters. The zero-order valence-electron chi connectivity index (χ0n) is 46.5. The summed E-state index contributed by atoms with van der Waals surface area (Å²) in [5, 5.41) is 1.08. The van der Waals surface area contributed by atoms with E-state index in [0.717, 1.165) is 97.2 Å². The van der Waals surface area contributed by atoms with Gasteiger partial charge in [-0.1, -0.05) is 178 Å². The van der Waals surface area contributed by atoms with E-state index in [9.17, 15) is 0 Å². The van der Waals surface area contributed by atoms with Gasteiger partial charge in [-0.05, 0) is 153 Å². The van der Waals surface area contributed by atoms with Gasteiger partial charge < -0.3 is 19.1 Å². The Kier molecular flexibility index (Phi) is 9.67. The molecular weight excluding hydrogens is 874 g/mol. The highest BCUT2D eigenvalue weighted by molar-refractivity contribution is 7.00. The predicted octanol–water partition coefficient (Wildman–Crippen LogP) is 16.9. The van der Waals surface area contributed by atoms with Gasteiger partial charge in [0.2, 0.25) is 0 Å². The van der Waals surface area contributed by atoms with Gasteiger partial charge >= 0.3 is 0 Å². The van der Waals surface area contributed by atoms with Gasteiger partial charge in [0.1, 0.15) is 5.58 Å². The molecule has 0 saturated heterocycles. The molecule has 5 heteroatoms. The van der Waals surface area contributed by atoms with Gasteiger partial charge in [-0.2, -0.15) is 0 Å². The van der Waals surface area contributed by atoms with Crippen LogP contribution >= 0.6 is 0 Å². The summed E-state index contributed by atoms with van der Waals surface area (Å²) in [6.45, 7) is 20.8. The molecule has 0 spiro atoms. The standard InChI is InChI=1S/C67H66BN3O/c1-43-26-31-48(32-27-43)69(47-22-16-13-17-23-47)50-39-58-61-59(40-50)71(56-25-19-18-24-51(56)44-20-14-12-15-21-44)57-42-54-53(66(8,9)36-37-67(54,10)11)41-55(57)68(61)63-62(52-38-46(65(5,6)7)30-35-60(52)72-63)70(58)49-33-28-45(29-34-49)64(2,3)4/h12-35,38-42H,36-37H2,1-11H3/i1D3. The lowest BCUT2D eigenvalue weighted by atomic mass is 9.35. The maximum absolute atomic E-state index is 8.31. The minimum atomic E-state index is -2.24. The third-order valence-electron chi connectivity index (χ3n) is 16.1. The van der Waals surface area contributed by atoms with Crippen LogP contribution in [0.4, 0.5) is 51.2 Å². The molecule has 3 aliphatic rings. The van der Waals surface area contributed by atoms with Crippen LogP contribution in [0.3, 0.4) is 0 Å². The Labute approximate surface area is 432 Å². The highest BCUT2D eigenvalue weighted by atomic mass is 16.3. The number of rotatable bonds is 6. The first-order valence-corrected chi connectivity index (χ1v) is 25.8. The summed E-state index contributed by atoms with van der Waals surface area (Å²) in [4.78, 5) is 7.32. The van der Waals surface area contributed by atoms with Crippen LogP contribution in [0, 0.1) is 6.85 Å². The number of hydrogen-bond acceptors (Lipinski definition) is 4. The van der Waals surface area contributed by atoms with Crippen molar-refractivity contribution in [2.75, 3.05) is 14.7 Å². The summed E-state index contributed by atoms with van der Waals surface area (Å²) in [5.74, 6) is 0. The van der Waals surface area contributed by atoms with Crippen molar-refractivity contribution in [3.8, 4) is 11.1 Å². The molecule has 4 nitrogen and oxygen atoms in total. The number of hydrogen-bond donors (Lipinski definition) is 0. The fourth-order valence-corrected chi connectivity index (χ4v) is 11.9. The van der Waals surface area contributed by atoms with E-state index in [1.165, 1.54) is 27.7 Å². The Bertz CT molecular complexity index is 3680. The number of anilines is 9. The smallest absolute Gasteiger partial charge is 0.297 e. The molecule has 9 aromatic rings. The normalized spacial score (nSPS) is 16.2. The molecule has 0 unspecified atom stereocenters. The van der Waals surface area contributed by atoms with Gasteiger partial charge in [-0.15, -0.1) is 0 Å². The Morgan fingerprint density at radius 2 is 1.12 bits per heavy atom. The molecule has 1 aromatic heterocycles. The molecule has 1 aliphatic carbocycles. The van der Waals surface area contributed by atoms with Crippen molar-refractivity contribution >= 4 is 85.5 Å². The van der Waals surface area contributed by atoms with E-state index >= 15 is 0 Å². The zero-order chi connectivity index (χ0) is 52.6. The van der Waals surface area contributed by atoms with Crippen molar-refractivity contribution in [3.05, 3.63) is 204 Å². The second-order valence-electron chi connectivity index (χ2n) is 23.9. The number of benzene rings is 8. The minimum absolute atomic E-state index is 0.0527. The summed E-state index contributed by atoms with van der Waals surface area (Å²) in [5.41, 5.74) is 20.9. The van der Waals surface area contributed by atoms with Crippen LogP contribution in [-0.4, -0.2) is 6.71 Å². The molecule has 0 fully saturated rings. The first kappa shape index (κ1) is 42.4. The number of para-hydroxylation sites is 2. The minimum Gasteiger partial charge on any atom is -0.468 e. The predicted molar refractivity (Wildman–Crippen MR) is 308 cm³/mol. The van der Waals surface area contributed by atoms with E-state index in [4.69, 9.17) is 8.53 Å². The van der Waals surface area contributed by atoms with Crippen LogP contribution in [0.5, 0.6) is 0 Å². The molecule has 358 valence electrons. The molecular formula is C67H66BN3O. The third-order valence-corrected chi connectivity index (χ3v) is 16.1. The van der Waals surface area contributed by atoms with Crippen LogP contribution in [-0.2, 0) is 21.7 Å². The molecule has 0 bridgehead atoms. The average molecular weight is 943 g/mol.